The number of benzene rings is 2. The number of nitrogens with one attached hydrogen (secondary N) is 1. The predicted molar refractivity (Wildman–Crippen MR) is 140 cm³/mol. The summed E-state index contributed by atoms with van der Waals surface area (Å²) >= 11 is 5.86. The molecule has 0 saturated carbocycles. The van der Waals surface area contributed by atoms with Crippen LogP contribution in [-0.4, -0.2) is 40.0 Å². The molecule has 0 spiro atoms. The summed E-state index contributed by atoms with van der Waals surface area (Å²) in [7, 11) is 3.24. The van der Waals surface area contributed by atoms with Crippen LogP contribution >= 0.6 is 12.2 Å². The van der Waals surface area contributed by atoms with Gasteiger partial charge in [-0.3, -0.25) is 4.98 Å². The lowest BCUT2D eigenvalue weighted by Gasteiger charge is -2.30. The van der Waals surface area contributed by atoms with Crippen molar-refractivity contribution in [2.45, 2.75) is 12.1 Å². The molecule has 2 N–H and O–H groups in total. The number of carboxylic acid groups (broad SMARTS) is 1. The third kappa shape index (κ3) is 4.14. The van der Waals surface area contributed by atoms with Crippen LogP contribution in [0.15, 0.2) is 85.2 Å². The maximum Gasteiger partial charge on any atom is 0.335 e. The Hall–Kier alpha value is -4.37. The minimum atomic E-state index is -0.967. The standard InChI is InChI=1S/C27H24N4O4S/c1-34-19-12-13-23(35-2)22(16-19)31-25(24(29-27(31)36)20-6-3-4-14-28-20)21-7-5-15-30(21)18-10-8-17(9-11-18)26(32)33/h3-16,24-25H,1-2H3,(H,29,36)(H,32,33)/t24-,25-/m0/s1. The SMILES string of the molecule is COc1ccc(OC)c(N2C(=S)N[C@@H](c3ccccn3)[C@@H]2c2cccn2-c2ccc(C(=O)O)cc2)c1. The molecule has 0 aliphatic carbocycles. The Balaban J connectivity index is 1.68. The maximum atomic E-state index is 11.4. The lowest BCUT2D eigenvalue weighted by atomic mass is 10.0. The molecule has 0 unspecified atom stereocenters. The van der Waals surface area contributed by atoms with Crippen molar-refractivity contribution in [2.75, 3.05) is 19.1 Å². The molecule has 2 aromatic carbocycles. The van der Waals surface area contributed by atoms with Crippen molar-refractivity contribution in [2.24, 2.45) is 0 Å². The average Bonchev–Trinajstić information content (AvgIpc) is 3.53. The largest absolute Gasteiger partial charge is 0.497 e. The molecule has 0 amide bonds. The number of nitrogens with zero attached hydrogens (tertiary/aromatic N) is 3. The number of hydrogen-bond donors (Lipinski definition) is 2. The molecule has 0 bridgehead atoms. The molecule has 0 radical (unpaired) electrons. The van der Waals surface area contributed by atoms with Crippen molar-refractivity contribution >= 4 is 29.0 Å². The second kappa shape index (κ2) is 9.71. The molecular weight excluding hydrogens is 476 g/mol. The molecule has 1 aliphatic heterocycles. The first kappa shape index (κ1) is 23.4. The second-order valence-electron chi connectivity index (χ2n) is 8.19. The Kier molecular flexibility index (Phi) is 6.30. The molecule has 8 nitrogen and oxygen atoms in total. The van der Waals surface area contributed by atoms with Crippen LogP contribution in [0.4, 0.5) is 5.69 Å². The zero-order valence-electron chi connectivity index (χ0n) is 19.7. The average molecular weight is 501 g/mol. The van der Waals surface area contributed by atoms with Crippen LogP contribution in [0.5, 0.6) is 11.5 Å². The van der Waals surface area contributed by atoms with E-state index >= 15 is 0 Å². The fourth-order valence-corrected chi connectivity index (χ4v) is 4.87. The molecule has 36 heavy (non-hydrogen) atoms. The van der Waals surface area contributed by atoms with Gasteiger partial charge in [0.15, 0.2) is 5.11 Å². The Labute approximate surface area is 213 Å². The first-order valence-corrected chi connectivity index (χ1v) is 11.7. The summed E-state index contributed by atoms with van der Waals surface area (Å²) in [5.74, 6) is 0.356. The monoisotopic (exact) mass is 500 g/mol. The van der Waals surface area contributed by atoms with Gasteiger partial charge in [-0.15, -0.1) is 0 Å². The van der Waals surface area contributed by atoms with E-state index in [0.717, 1.165) is 22.8 Å². The van der Waals surface area contributed by atoms with Gasteiger partial charge in [0.25, 0.3) is 0 Å². The molecule has 9 heteroatoms. The summed E-state index contributed by atoms with van der Waals surface area (Å²) < 4.78 is 13.2. The summed E-state index contributed by atoms with van der Waals surface area (Å²) in [5.41, 5.74) is 3.58. The van der Waals surface area contributed by atoms with Crippen LogP contribution in [0.25, 0.3) is 5.69 Å². The van der Waals surface area contributed by atoms with Gasteiger partial charge in [-0.05, 0) is 72.9 Å². The Morgan fingerprint density at radius 1 is 1.03 bits per heavy atom. The highest BCUT2D eigenvalue weighted by atomic mass is 32.1. The molecule has 1 aliphatic rings. The van der Waals surface area contributed by atoms with Crippen LogP contribution in [0.2, 0.25) is 0 Å². The Bertz CT molecular complexity index is 1410. The van der Waals surface area contributed by atoms with Gasteiger partial charge < -0.3 is 29.4 Å². The van der Waals surface area contributed by atoms with Crippen LogP contribution in [-0.2, 0) is 0 Å². The van der Waals surface area contributed by atoms with Crippen LogP contribution in [0, 0.1) is 0 Å². The van der Waals surface area contributed by atoms with E-state index in [9.17, 15) is 9.90 Å². The Morgan fingerprint density at radius 3 is 2.50 bits per heavy atom. The van der Waals surface area contributed by atoms with Gasteiger partial charge >= 0.3 is 5.97 Å². The van der Waals surface area contributed by atoms with Crippen molar-refractivity contribution < 1.29 is 19.4 Å². The molecule has 5 rings (SSSR count). The lowest BCUT2D eigenvalue weighted by molar-refractivity contribution is 0.0697. The first-order valence-electron chi connectivity index (χ1n) is 11.3. The predicted octanol–water partition coefficient (Wildman–Crippen LogP) is 4.76. The summed E-state index contributed by atoms with van der Waals surface area (Å²) in [4.78, 5) is 18.0. The third-order valence-electron chi connectivity index (χ3n) is 6.22. The van der Waals surface area contributed by atoms with E-state index in [1.54, 1.807) is 44.7 Å². The highest BCUT2D eigenvalue weighted by molar-refractivity contribution is 7.80. The van der Waals surface area contributed by atoms with Crippen LogP contribution in [0.3, 0.4) is 0 Å². The number of carbonyl (C=O) groups is 1. The highest BCUT2D eigenvalue weighted by Crippen LogP contribution is 2.46. The molecule has 1 fully saturated rings. The number of ether oxygens (including phenoxy) is 2. The molecular formula is C27H24N4O4S. The third-order valence-corrected chi connectivity index (χ3v) is 6.53. The van der Waals surface area contributed by atoms with Crippen molar-refractivity contribution in [3.05, 3.63) is 102 Å². The molecule has 4 aromatic rings. The van der Waals surface area contributed by atoms with Gasteiger partial charge in [0.1, 0.15) is 17.5 Å². The first-order chi connectivity index (χ1) is 17.5. The van der Waals surface area contributed by atoms with Gasteiger partial charge in [-0.2, -0.15) is 0 Å². The van der Waals surface area contributed by atoms with Gasteiger partial charge in [0.05, 0.1) is 37.2 Å². The van der Waals surface area contributed by atoms with Crippen molar-refractivity contribution in [3.63, 3.8) is 0 Å². The summed E-state index contributed by atoms with van der Waals surface area (Å²) in [6, 6.07) is 21.6. The topological polar surface area (TPSA) is 88.9 Å². The minimum Gasteiger partial charge on any atom is -0.497 e. The van der Waals surface area contributed by atoms with Crippen LogP contribution < -0.4 is 19.7 Å². The fraction of sp³-hybridized carbons (Fsp3) is 0.148. The van der Waals surface area contributed by atoms with E-state index in [1.165, 1.54) is 0 Å². The van der Waals surface area contributed by atoms with E-state index < -0.39 is 5.97 Å². The summed E-state index contributed by atoms with van der Waals surface area (Å²) in [6.07, 6.45) is 3.71. The van der Waals surface area contributed by atoms with E-state index in [-0.39, 0.29) is 17.6 Å². The fourth-order valence-electron chi connectivity index (χ4n) is 4.53. The number of pyridine rings is 1. The van der Waals surface area contributed by atoms with Crippen molar-refractivity contribution in [3.8, 4) is 17.2 Å². The molecule has 2 aromatic heterocycles. The van der Waals surface area contributed by atoms with Crippen LogP contribution in [0.1, 0.15) is 33.8 Å². The van der Waals surface area contributed by atoms with E-state index in [1.807, 2.05) is 64.2 Å². The minimum absolute atomic E-state index is 0.227. The molecule has 2 atom stereocenters. The van der Waals surface area contributed by atoms with E-state index in [2.05, 4.69) is 10.3 Å². The number of thiocarbonyl (C=S) groups is 1. The lowest BCUT2D eigenvalue weighted by Crippen LogP contribution is -2.30. The Morgan fingerprint density at radius 2 is 1.83 bits per heavy atom. The number of aromatic nitrogens is 2. The second-order valence-corrected chi connectivity index (χ2v) is 8.58. The normalized spacial score (nSPS) is 17.1. The van der Waals surface area contributed by atoms with Crippen molar-refractivity contribution in [1.82, 2.24) is 14.9 Å². The van der Waals surface area contributed by atoms with Gasteiger partial charge in [-0.25, -0.2) is 4.79 Å². The smallest absolute Gasteiger partial charge is 0.335 e. The number of aromatic carboxylic acids is 1. The molecule has 1 saturated heterocycles. The highest BCUT2D eigenvalue weighted by Gasteiger charge is 2.43. The number of rotatable bonds is 7. The number of anilines is 1. The molecule has 3 heterocycles. The van der Waals surface area contributed by atoms with Gasteiger partial charge in [0.2, 0.25) is 0 Å². The van der Waals surface area contributed by atoms with Gasteiger partial charge in [-0.1, -0.05) is 6.07 Å². The van der Waals surface area contributed by atoms with Crippen molar-refractivity contribution in [1.29, 1.82) is 0 Å². The number of hydrogen-bond acceptors (Lipinski definition) is 5. The summed E-state index contributed by atoms with van der Waals surface area (Å²) in [6.45, 7) is 0. The maximum absolute atomic E-state index is 11.4. The van der Waals surface area contributed by atoms with E-state index in [4.69, 9.17) is 21.7 Å². The summed E-state index contributed by atoms with van der Waals surface area (Å²) in [5, 5.41) is 13.3. The number of methoxy groups -OCH3 is 2. The number of carboxylic acids is 1. The quantitative estimate of drug-likeness (QED) is 0.351. The zero-order valence-corrected chi connectivity index (χ0v) is 20.5. The van der Waals surface area contributed by atoms with Gasteiger partial charge in [0, 0.05) is 29.8 Å². The molecule has 182 valence electrons. The zero-order chi connectivity index (χ0) is 25.2. The van der Waals surface area contributed by atoms with E-state index in [0.29, 0.717) is 16.6 Å².